The Balaban J connectivity index is 1.25. The monoisotopic (exact) mass is 464 g/mol. The topological polar surface area (TPSA) is 95.8 Å². The van der Waals surface area contributed by atoms with Crippen LogP contribution in [0.1, 0.15) is 38.7 Å². The number of benzene rings is 1. The van der Waals surface area contributed by atoms with Gasteiger partial charge in [0.05, 0.1) is 24.4 Å². The molecule has 1 saturated heterocycles. The summed E-state index contributed by atoms with van der Waals surface area (Å²) in [5.74, 6) is -0.509. The summed E-state index contributed by atoms with van der Waals surface area (Å²) in [6, 6.07) is 9.19. The van der Waals surface area contributed by atoms with E-state index in [9.17, 15) is 14.4 Å². The Bertz CT molecular complexity index is 1230. The van der Waals surface area contributed by atoms with Crippen LogP contribution in [0.15, 0.2) is 41.0 Å². The van der Waals surface area contributed by atoms with Gasteiger partial charge in [-0.3, -0.25) is 19.7 Å². The molecule has 0 aliphatic carbocycles. The molecule has 1 aromatic carbocycles. The quantitative estimate of drug-likeness (QED) is 0.637. The minimum absolute atomic E-state index is 0.00472. The van der Waals surface area contributed by atoms with Crippen LogP contribution in [-0.2, 0) is 22.6 Å². The third-order valence-electron chi connectivity index (χ3n) is 6.28. The van der Waals surface area contributed by atoms with Crippen LogP contribution in [-0.4, -0.2) is 40.7 Å². The van der Waals surface area contributed by atoms with E-state index in [1.54, 1.807) is 21.9 Å². The van der Waals surface area contributed by atoms with Crippen LogP contribution < -0.4 is 10.2 Å². The molecule has 0 unspecified atom stereocenters. The van der Waals surface area contributed by atoms with Gasteiger partial charge in [-0.25, -0.2) is 4.98 Å². The summed E-state index contributed by atoms with van der Waals surface area (Å²) in [6.45, 7) is 5.45. The molecule has 3 amide bonds. The Morgan fingerprint density at radius 1 is 1.21 bits per heavy atom. The minimum atomic E-state index is -0.355. The molecule has 9 heteroatoms. The average molecular weight is 465 g/mol. The molecule has 5 rings (SSSR count). The lowest BCUT2D eigenvalue weighted by molar-refractivity contribution is -0.136. The average Bonchev–Trinajstić information content (AvgIpc) is 3.54. The molecule has 170 valence electrons. The maximum atomic E-state index is 13.2. The standard InChI is InChI=1S/C24H24N4O4S/c1-14-5-6-17(10-15(14)2)28-12-16(11-21(28)29)23(31)27-8-7-18-20(13-27)33-24(25-18)26-22(30)19-4-3-9-32-19/h3-6,9-10,16H,7-8,11-13H2,1-2H3,(H,25,26,30)/t16-/m0/s1. The SMILES string of the molecule is Cc1ccc(N2C[C@@H](C(=O)N3CCc4nc(NC(=O)c5ccco5)sc4C3)CC2=O)cc1C. The highest BCUT2D eigenvalue weighted by molar-refractivity contribution is 7.15. The van der Waals surface area contributed by atoms with E-state index in [2.05, 4.69) is 10.3 Å². The second-order valence-electron chi connectivity index (χ2n) is 8.50. The van der Waals surface area contributed by atoms with Crippen LogP contribution in [0.25, 0.3) is 0 Å². The minimum Gasteiger partial charge on any atom is -0.459 e. The number of aryl methyl sites for hydroxylation is 2. The van der Waals surface area contributed by atoms with E-state index in [-0.39, 0.29) is 35.8 Å². The maximum absolute atomic E-state index is 13.2. The Kier molecular flexibility index (Phi) is 5.49. The number of hydrogen-bond donors (Lipinski definition) is 1. The van der Waals surface area contributed by atoms with E-state index >= 15 is 0 Å². The van der Waals surface area contributed by atoms with Crippen molar-refractivity contribution in [3.63, 3.8) is 0 Å². The fraction of sp³-hybridized carbons (Fsp3) is 0.333. The summed E-state index contributed by atoms with van der Waals surface area (Å²) in [6.07, 6.45) is 2.29. The molecule has 2 aromatic heterocycles. The highest BCUT2D eigenvalue weighted by atomic mass is 32.1. The van der Waals surface area contributed by atoms with Gasteiger partial charge in [0.15, 0.2) is 10.9 Å². The van der Waals surface area contributed by atoms with E-state index < -0.39 is 0 Å². The maximum Gasteiger partial charge on any atom is 0.293 e. The van der Waals surface area contributed by atoms with Gasteiger partial charge in [-0.2, -0.15) is 0 Å². The van der Waals surface area contributed by atoms with Crippen LogP contribution in [0.4, 0.5) is 10.8 Å². The fourth-order valence-electron chi connectivity index (χ4n) is 4.28. The number of nitrogens with zero attached hydrogens (tertiary/aromatic N) is 3. The number of carbonyl (C=O) groups excluding carboxylic acids is 3. The Labute approximate surface area is 195 Å². The first kappa shape index (κ1) is 21.4. The zero-order chi connectivity index (χ0) is 23.1. The molecule has 4 heterocycles. The summed E-state index contributed by atoms with van der Waals surface area (Å²) in [5.41, 5.74) is 4.04. The zero-order valence-electron chi connectivity index (χ0n) is 18.5. The lowest BCUT2D eigenvalue weighted by atomic mass is 10.1. The van der Waals surface area contributed by atoms with Gasteiger partial charge in [0.2, 0.25) is 11.8 Å². The number of thiazole rings is 1. The van der Waals surface area contributed by atoms with Gasteiger partial charge in [0.1, 0.15) is 0 Å². The number of hydrogen-bond acceptors (Lipinski definition) is 6. The van der Waals surface area contributed by atoms with Crippen molar-refractivity contribution in [1.82, 2.24) is 9.88 Å². The molecule has 33 heavy (non-hydrogen) atoms. The number of fused-ring (bicyclic) bond motifs is 1. The van der Waals surface area contributed by atoms with Crippen molar-refractivity contribution in [1.29, 1.82) is 0 Å². The molecule has 1 N–H and O–H groups in total. The third kappa shape index (κ3) is 4.16. The number of nitrogens with one attached hydrogen (secondary N) is 1. The van der Waals surface area contributed by atoms with Crippen molar-refractivity contribution in [2.24, 2.45) is 5.92 Å². The van der Waals surface area contributed by atoms with E-state index in [1.807, 2.05) is 32.0 Å². The second kappa shape index (κ2) is 8.47. The lowest BCUT2D eigenvalue weighted by Gasteiger charge is -2.28. The number of furan rings is 1. The normalized spacial score (nSPS) is 17.9. The molecule has 0 bridgehead atoms. The van der Waals surface area contributed by atoms with Gasteiger partial charge >= 0.3 is 0 Å². The highest BCUT2D eigenvalue weighted by Crippen LogP contribution is 2.32. The summed E-state index contributed by atoms with van der Waals surface area (Å²) in [4.78, 5) is 47.1. The summed E-state index contributed by atoms with van der Waals surface area (Å²) in [7, 11) is 0. The molecular weight excluding hydrogens is 440 g/mol. The smallest absolute Gasteiger partial charge is 0.293 e. The number of amides is 3. The molecule has 0 radical (unpaired) electrons. The van der Waals surface area contributed by atoms with Crippen molar-refractivity contribution in [3.05, 3.63) is 64.1 Å². The van der Waals surface area contributed by atoms with Gasteiger partial charge < -0.3 is 14.2 Å². The molecule has 1 atom stereocenters. The van der Waals surface area contributed by atoms with Gasteiger partial charge in [-0.15, -0.1) is 0 Å². The van der Waals surface area contributed by atoms with E-state index in [0.717, 1.165) is 21.8 Å². The van der Waals surface area contributed by atoms with E-state index in [0.29, 0.717) is 31.2 Å². The predicted molar refractivity (Wildman–Crippen MR) is 124 cm³/mol. The van der Waals surface area contributed by atoms with E-state index in [1.165, 1.54) is 23.2 Å². The molecule has 2 aliphatic heterocycles. The largest absolute Gasteiger partial charge is 0.459 e. The summed E-state index contributed by atoms with van der Waals surface area (Å²) in [5, 5.41) is 3.25. The first-order valence-electron chi connectivity index (χ1n) is 10.9. The van der Waals surface area contributed by atoms with Crippen LogP contribution in [0.5, 0.6) is 0 Å². The number of aromatic nitrogens is 1. The molecule has 1 fully saturated rings. The Morgan fingerprint density at radius 2 is 2.06 bits per heavy atom. The molecule has 0 spiro atoms. The first-order valence-corrected chi connectivity index (χ1v) is 11.7. The molecular formula is C24H24N4O4S. The van der Waals surface area contributed by atoms with E-state index in [4.69, 9.17) is 4.42 Å². The van der Waals surface area contributed by atoms with Crippen LogP contribution in [0.2, 0.25) is 0 Å². The number of anilines is 2. The van der Waals surface area contributed by atoms with Crippen molar-refractivity contribution in [2.75, 3.05) is 23.3 Å². The van der Waals surface area contributed by atoms with Gasteiger partial charge in [0, 0.05) is 36.5 Å². The van der Waals surface area contributed by atoms with Crippen molar-refractivity contribution >= 4 is 39.9 Å². The Morgan fingerprint density at radius 3 is 2.82 bits per heavy atom. The van der Waals surface area contributed by atoms with Gasteiger partial charge in [0.25, 0.3) is 5.91 Å². The van der Waals surface area contributed by atoms with Crippen LogP contribution in [0, 0.1) is 19.8 Å². The molecule has 0 saturated carbocycles. The summed E-state index contributed by atoms with van der Waals surface area (Å²) < 4.78 is 5.12. The molecule has 3 aromatic rings. The predicted octanol–water partition coefficient (Wildman–Crippen LogP) is 3.54. The number of carbonyl (C=O) groups is 3. The van der Waals surface area contributed by atoms with Crippen LogP contribution >= 0.6 is 11.3 Å². The van der Waals surface area contributed by atoms with Crippen molar-refractivity contribution < 1.29 is 18.8 Å². The van der Waals surface area contributed by atoms with Crippen molar-refractivity contribution in [3.8, 4) is 0 Å². The lowest BCUT2D eigenvalue weighted by Crippen LogP contribution is -2.40. The van der Waals surface area contributed by atoms with Crippen LogP contribution in [0.3, 0.4) is 0 Å². The third-order valence-corrected chi connectivity index (χ3v) is 7.28. The van der Waals surface area contributed by atoms with Gasteiger partial charge in [-0.1, -0.05) is 17.4 Å². The first-order chi connectivity index (χ1) is 15.9. The van der Waals surface area contributed by atoms with Crippen molar-refractivity contribution in [2.45, 2.75) is 33.2 Å². The van der Waals surface area contributed by atoms with Gasteiger partial charge in [-0.05, 0) is 49.2 Å². The number of rotatable bonds is 4. The zero-order valence-corrected chi connectivity index (χ0v) is 19.3. The molecule has 8 nitrogen and oxygen atoms in total. The summed E-state index contributed by atoms with van der Waals surface area (Å²) >= 11 is 1.37. The molecule has 2 aliphatic rings. The fourth-order valence-corrected chi connectivity index (χ4v) is 5.30. The Hall–Kier alpha value is -3.46. The highest BCUT2D eigenvalue weighted by Gasteiger charge is 2.38. The second-order valence-corrected chi connectivity index (χ2v) is 9.59.